The van der Waals surface area contributed by atoms with Crippen molar-refractivity contribution < 1.29 is 9.18 Å². The Bertz CT molecular complexity index is 378. The number of amides is 1. The van der Waals surface area contributed by atoms with Crippen molar-refractivity contribution in [3.05, 3.63) is 30.1 Å². The van der Waals surface area contributed by atoms with E-state index in [0.717, 1.165) is 19.4 Å². The summed E-state index contributed by atoms with van der Waals surface area (Å²) < 4.78 is 12.9. The second-order valence-corrected chi connectivity index (χ2v) is 4.37. The van der Waals surface area contributed by atoms with Crippen LogP contribution < -0.4 is 10.6 Å². The van der Waals surface area contributed by atoms with Crippen molar-refractivity contribution in [2.24, 2.45) is 5.92 Å². The summed E-state index contributed by atoms with van der Waals surface area (Å²) in [5.41, 5.74) is 0.490. The molecule has 0 aromatic heterocycles. The van der Waals surface area contributed by atoms with Crippen LogP contribution in [0.1, 0.15) is 26.7 Å². The van der Waals surface area contributed by atoms with E-state index in [1.165, 1.54) is 12.1 Å². The van der Waals surface area contributed by atoms with Crippen LogP contribution in [0.25, 0.3) is 0 Å². The highest BCUT2D eigenvalue weighted by atomic mass is 19.1. The summed E-state index contributed by atoms with van der Waals surface area (Å²) in [7, 11) is 0. The van der Waals surface area contributed by atoms with Crippen LogP contribution in [-0.4, -0.2) is 19.0 Å². The Labute approximate surface area is 108 Å². The van der Waals surface area contributed by atoms with E-state index < -0.39 is 0 Å². The summed E-state index contributed by atoms with van der Waals surface area (Å²) in [6, 6.07) is 5.89. The van der Waals surface area contributed by atoms with Crippen LogP contribution in [0, 0.1) is 11.7 Å². The van der Waals surface area contributed by atoms with Crippen LogP contribution in [0.15, 0.2) is 24.3 Å². The molecule has 1 amide bonds. The van der Waals surface area contributed by atoms with Gasteiger partial charge in [0.1, 0.15) is 5.82 Å². The van der Waals surface area contributed by atoms with E-state index in [0.29, 0.717) is 11.6 Å². The van der Waals surface area contributed by atoms with Crippen molar-refractivity contribution in [3.63, 3.8) is 0 Å². The largest absolute Gasteiger partial charge is 0.325 e. The van der Waals surface area contributed by atoms with Gasteiger partial charge in [-0.25, -0.2) is 4.39 Å². The molecule has 0 fully saturated rings. The fourth-order valence-electron chi connectivity index (χ4n) is 1.74. The minimum atomic E-state index is -0.349. The first-order chi connectivity index (χ1) is 8.65. The molecule has 0 saturated carbocycles. The van der Waals surface area contributed by atoms with Gasteiger partial charge in [0, 0.05) is 5.69 Å². The number of anilines is 1. The minimum absolute atomic E-state index is 0.147. The quantitative estimate of drug-likeness (QED) is 0.783. The van der Waals surface area contributed by atoms with Crippen molar-refractivity contribution in [2.45, 2.75) is 26.7 Å². The third-order valence-corrected chi connectivity index (χ3v) is 2.98. The van der Waals surface area contributed by atoms with Crippen LogP contribution in [0.2, 0.25) is 0 Å². The van der Waals surface area contributed by atoms with Crippen molar-refractivity contribution in [1.82, 2.24) is 5.32 Å². The number of hydrogen-bond acceptors (Lipinski definition) is 2. The maximum absolute atomic E-state index is 12.9. The molecular formula is C14H21FN2O. The van der Waals surface area contributed by atoms with E-state index in [2.05, 4.69) is 24.5 Å². The normalized spacial score (nSPS) is 10.7. The Balaban J connectivity index is 2.29. The van der Waals surface area contributed by atoms with Gasteiger partial charge in [-0.2, -0.15) is 0 Å². The molecule has 0 saturated heterocycles. The Morgan fingerprint density at radius 3 is 2.67 bits per heavy atom. The van der Waals surface area contributed by atoms with Crippen molar-refractivity contribution >= 4 is 11.6 Å². The first-order valence-corrected chi connectivity index (χ1v) is 6.41. The standard InChI is InChI=1S/C14H21FN2O/c1-3-11(4-2)9-16-10-14(18)17-13-7-5-6-12(15)8-13/h5-8,11,16H,3-4,9-10H2,1-2H3,(H,17,18). The van der Waals surface area contributed by atoms with E-state index in [1.54, 1.807) is 12.1 Å². The highest BCUT2D eigenvalue weighted by molar-refractivity contribution is 5.92. The zero-order valence-electron chi connectivity index (χ0n) is 11.0. The number of benzene rings is 1. The molecule has 0 heterocycles. The molecule has 0 unspecified atom stereocenters. The lowest BCUT2D eigenvalue weighted by atomic mass is 10.0. The van der Waals surface area contributed by atoms with Gasteiger partial charge in [-0.15, -0.1) is 0 Å². The van der Waals surface area contributed by atoms with Crippen molar-refractivity contribution in [1.29, 1.82) is 0 Å². The van der Waals surface area contributed by atoms with Gasteiger partial charge in [0.05, 0.1) is 6.54 Å². The molecular weight excluding hydrogens is 231 g/mol. The van der Waals surface area contributed by atoms with E-state index >= 15 is 0 Å². The van der Waals surface area contributed by atoms with Crippen molar-refractivity contribution in [3.8, 4) is 0 Å². The molecule has 1 rings (SSSR count). The molecule has 100 valence electrons. The molecule has 0 radical (unpaired) electrons. The van der Waals surface area contributed by atoms with Crippen molar-refractivity contribution in [2.75, 3.05) is 18.4 Å². The van der Waals surface area contributed by atoms with Crippen LogP contribution in [-0.2, 0) is 4.79 Å². The number of rotatable bonds is 7. The monoisotopic (exact) mass is 252 g/mol. The Kier molecular flexibility index (Phi) is 6.36. The molecule has 3 nitrogen and oxygen atoms in total. The predicted molar refractivity (Wildman–Crippen MR) is 72.0 cm³/mol. The zero-order valence-corrected chi connectivity index (χ0v) is 11.0. The topological polar surface area (TPSA) is 41.1 Å². The summed E-state index contributed by atoms with van der Waals surface area (Å²) in [5.74, 6) is 0.108. The van der Waals surface area contributed by atoms with Gasteiger partial charge in [0.15, 0.2) is 0 Å². The van der Waals surface area contributed by atoms with Gasteiger partial charge in [-0.1, -0.05) is 32.8 Å². The maximum Gasteiger partial charge on any atom is 0.238 e. The molecule has 0 atom stereocenters. The number of hydrogen-bond donors (Lipinski definition) is 2. The first-order valence-electron chi connectivity index (χ1n) is 6.41. The molecule has 0 aliphatic heterocycles. The van der Waals surface area contributed by atoms with Crippen LogP contribution >= 0.6 is 0 Å². The summed E-state index contributed by atoms with van der Waals surface area (Å²) in [6.45, 7) is 5.38. The molecule has 4 heteroatoms. The molecule has 1 aromatic rings. The number of carbonyl (C=O) groups excluding carboxylic acids is 1. The van der Waals surface area contributed by atoms with E-state index in [9.17, 15) is 9.18 Å². The highest BCUT2D eigenvalue weighted by Crippen LogP contribution is 2.08. The van der Waals surface area contributed by atoms with Crippen LogP contribution in [0.5, 0.6) is 0 Å². The lowest BCUT2D eigenvalue weighted by Crippen LogP contribution is -2.31. The third-order valence-electron chi connectivity index (χ3n) is 2.98. The highest BCUT2D eigenvalue weighted by Gasteiger charge is 2.05. The summed E-state index contributed by atoms with van der Waals surface area (Å²) in [6.07, 6.45) is 2.21. The average Bonchev–Trinajstić information content (AvgIpc) is 2.34. The lowest BCUT2D eigenvalue weighted by molar-refractivity contribution is -0.115. The molecule has 0 aliphatic rings. The fraction of sp³-hybridized carbons (Fsp3) is 0.500. The maximum atomic E-state index is 12.9. The van der Waals surface area contributed by atoms with Gasteiger partial charge in [0.25, 0.3) is 0 Å². The number of carbonyl (C=O) groups is 1. The molecule has 0 bridgehead atoms. The first kappa shape index (κ1) is 14.6. The summed E-state index contributed by atoms with van der Waals surface area (Å²) >= 11 is 0. The van der Waals surface area contributed by atoms with Crippen LogP contribution in [0.4, 0.5) is 10.1 Å². The molecule has 2 N–H and O–H groups in total. The van der Waals surface area contributed by atoms with Gasteiger partial charge in [-0.05, 0) is 30.7 Å². The Hall–Kier alpha value is -1.42. The van der Waals surface area contributed by atoms with E-state index in [4.69, 9.17) is 0 Å². The predicted octanol–water partition coefficient (Wildman–Crippen LogP) is 2.79. The van der Waals surface area contributed by atoms with Gasteiger partial charge in [0.2, 0.25) is 5.91 Å². The molecule has 0 aliphatic carbocycles. The van der Waals surface area contributed by atoms with E-state index in [1.807, 2.05) is 0 Å². The fourth-order valence-corrected chi connectivity index (χ4v) is 1.74. The van der Waals surface area contributed by atoms with Gasteiger partial charge >= 0.3 is 0 Å². The molecule has 1 aromatic carbocycles. The van der Waals surface area contributed by atoms with E-state index in [-0.39, 0.29) is 18.3 Å². The molecule has 18 heavy (non-hydrogen) atoms. The number of nitrogens with one attached hydrogen (secondary N) is 2. The summed E-state index contributed by atoms with van der Waals surface area (Å²) in [4.78, 5) is 11.6. The second kappa shape index (κ2) is 7.82. The Morgan fingerprint density at radius 1 is 1.33 bits per heavy atom. The second-order valence-electron chi connectivity index (χ2n) is 4.37. The average molecular weight is 252 g/mol. The minimum Gasteiger partial charge on any atom is -0.325 e. The summed E-state index contributed by atoms with van der Waals surface area (Å²) in [5, 5.41) is 5.77. The van der Waals surface area contributed by atoms with Crippen LogP contribution in [0.3, 0.4) is 0 Å². The lowest BCUT2D eigenvalue weighted by Gasteiger charge is -2.13. The van der Waals surface area contributed by atoms with Gasteiger partial charge < -0.3 is 10.6 Å². The third kappa shape index (κ3) is 5.27. The molecule has 0 spiro atoms. The van der Waals surface area contributed by atoms with Gasteiger partial charge in [-0.3, -0.25) is 4.79 Å². The zero-order chi connectivity index (χ0) is 13.4. The SMILES string of the molecule is CCC(CC)CNCC(=O)Nc1cccc(F)c1. The Morgan fingerprint density at radius 2 is 2.06 bits per heavy atom. The smallest absolute Gasteiger partial charge is 0.238 e. The number of halogens is 1.